The molecule has 2 aromatic carbocycles. The number of nitrogens with zero attached hydrogens (tertiary/aromatic N) is 1. The van der Waals surface area contributed by atoms with E-state index in [1.54, 1.807) is 11.8 Å². The molecule has 0 fully saturated rings. The highest BCUT2D eigenvalue weighted by Crippen LogP contribution is 2.40. The largest absolute Gasteiger partial charge is 0.445 e. The monoisotopic (exact) mass is 352 g/mol. The Morgan fingerprint density at radius 1 is 1.04 bits per heavy atom. The Hall–Kier alpha value is -2.82. The summed E-state index contributed by atoms with van der Waals surface area (Å²) in [5.41, 5.74) is 2.72. The van der Waals surface area contributed by atoms with Gasteiger partial charge in [0.05, 0.1) is 6.04 Å². The molecule has 0 aliphatic carbocycles. The SMILES string of the molecule is CC(=O)N1c2ccccc2C(NC(=O)OCc2ccccc2)[C@@H](C)[C@@H]1C. The summed E-state index contributed by atoms with van der Waals surface area (Å²) >= 11 is 0. The summed E-state index contributed by atoms with van der Waals surface area (Å²) in [5, 5.41) is 2.99. The summed E-state index contributed by atoms with van der Waals surface area (Å²) < 4.78 is 5.37. The molecular formula is C21H24N2O3. The van der Waals surface area contributed by atoms with Gasteiger partial charge in [-0.1, -0.05) is 55.5 Å². The topological polar surface area (TPSA) is 58.6 Å². The standard InChI is InChI=1S/C21H24N2O3/c1-14-15(2)23(16(3)24)19-12-8-7-11-18(19)20(14)22-21(25)26-13-17-9-5-4-6-10-17/h4-12,14-15,20H,13H2,1-3H3,(H,22,25)/t14-,15-,20?/m0/s1. The number of nitrogens with one attached hydrogen (secondary N) is 1. The number of alkyl carbamates (subject to hydrolysis) is 1. The molecule has 1 N–H and O–H groups in total. The van der Waals surface area contributed by atoms with Crippen LogP contribution >= 0.6 is 0 Å². The Morgan fingerprint density at radius 2 is 1.69 bits per heavy atom. The van der Waals surface area contributed by atoms with Crippen molar-refractivity contribution in [2.24, 2.45) is 5.92 Å². The Labute approximate surface area is 154 Å². The number of amides is 2. The molecule has 3 rings (SSSR count). The molecule has 0 saturated heterocycles. The Morgan fingerprint density at radius 3 is 2.38 bits per heavy atom. The van der Waals surface area contributed by atoms with E-state index >= 15 is 0 Å². The highest BCUT2D eigenvalue weighted by atomic mass is 16.5. The summed E-state index contributed by atoms with van der Waals surface area (Å²) in [6, 6.07) is 17.0. The van der Waals surface area contributed by atoms with Crippen molar-refractivity contribution in [1.29, 1.82) is 0 Å². The van der Waals surface area contributed by atoms with Crippen LogP contribution in [0.2, 0.25) is 0 Å². The summed E-state index contributed by atoms with van der Waals surface area (Å²) in [6.45, 7) is 5.84. The molecule has 2 aromatic rings. The summed E-state index contributed by atoms with van der Waals surface area (Å²) in [6.07, 6.45) is -0.455. The van der Waals surface area contributed by atoms with Crippen LogP contribution in [0.1, 0.15) is 37.9 Å². The van der Waals surface area contributed by atoms with E-state index in [0.717, 1.165) is 16.8 Å². The van der Waals surface area contributed by atoms with Crippen LogP contribution in [0.25, 0.3) is 0 Å². The van der Waals surface area contributed by atoms with Crippen LogP contribution in [0.15, 0.2) is 54.6 Å². The molecule has 0 aromatic heterocycles. The summed E-state index contributed by atoms with van der Waals surface area (Å²) in [7, 11) is 0. The van der Waals surface area contributed by atoms with Gasteiger partial charge in [-0.05, 0) is 24.1 Å². The van der Waals surface area contributed by atoms with E-state index in [1.165, 1.54) is 0 Å². The molecule has 1 aliphatic rings. The zero-order chi connectivity index (χ0) is 18.7. The van der Waals surface area contributed by atoms with E-state index in [-0.39, 0.29) is 30.5 Å². The van der Waals surface area contributed by atoms with Crippen LogP contribution in [0.4, 0.5) is 10.5 Å². The second kappa shape index (κ2) is 7.60. The molecular weight excluding hydrogens is 328 g/mol. The molecule has 5 nitrogen and oxygen atoms in total. The molecule has 136 valence electrons. The van der Waals surface area contributed by atoms with Crippen molar-refractivity contribution >= 4 is 17.7 Å². The first kappa shape index (κ1) is 18.0. The van der Waals surface area contributed by atoms with Gasteiger partial charge in [-0.2, -0.15) is 0 Å². The van der Waals surface area contributed by atoms with Gasteiger partial charge < -0.3 is 15.0 Å². The van der Waals surface area contributed by atoms with Crippen LogP contribution < -0.4 is 10.2 Å². The molecule has 1 aliphatic heterocycles. The zero-order valence-electron chi connectivity index (χ0n) is 15.3. The van der Waals surface area contributed by atoms with E-state index in [9.17, 15) is 9.59 Å². The number of hydrogen-bond acceptors (Lipinski definition) is 3. The third kappa shape index (κ3) is 3.57. The lowest BCUT2D eigenvalue weighted by molar-refractivity contribution is -0.117. The Balaban J connectivity index is 1.77. The molecule has 1 heterocycles. The van der Waals surface area contributed by atoms with Crippen molar-refractivity contribution in [3.05, 3.63) is 65.7 Å². The molecule has 3 atom stereocenters. The van der Waals surface area contributed by atoms with Crippen molar-refractivity contribution in [1.82, 2.24) is 5.32 Å². The van der Waals surface area contributed by atoms with Crippen LogP contribution in [-0.4, -0.2) is 18.0 Å². The number of para-hydroxylation sites is 1. The van der Waals surface area contributed by atoms with E-state index in [4.69, 9.17) is 4.74 Å². The fourth-order valence-corrected chi connectivity index (χ4v) is 3.54. The number of fused-ring (bicyclic) bond motifs is 1. The second-order valence-electron chi connectivity index (χ2n) is 6.73. The quantitative estimate of drug-likeness (QED) is 0.907. The van der Waals surface area contributed by atoms with Gasteiger partial charge in [-0.3, -0.25) is 4.79 Å². The van der Waals surface area contributed by atoms with Gasteiger partial charge in [0.1, 0.15) is 6.61 Å². The fraction of sp³-hybridized carbons (Fsp3) is 0.333. The first-order valence-electron chi connectivity index (χ1n) is 8.85. The molecule has 5 heteroatoms. The van der Waals surface area contributed by atoms with E-state index in [1.807, 2.05) is 68.4 Å². The minimum atomic E-state index is -0.455. The predicted octanol–water partition coefficient (Wildman–Crippen LogP) is 4.05. The predicted molar refractivity (Wildman–Crippen MR) is 101 cm³/mol. The van der Waals surface area contributed by atoms with Crippen molar-refractivity contribution in [2.75, 3.05) is 4.90 Å². The normalized spacial score (nSPS) is 21.7. The third-order valence-corrected chi connectivity index (χ3v) is 5.05. The number of anilines is 1. The zero-order valence-corrected chi connectivity index (χ0v) is 15.3. The number of rotatable bonds is 3. The minimum absolute atomic E-state index is 0.00176. The Kier molecular flexibility index (Phi) is 5.26. The number of benzene rings is 2. The summed E-state index contributed by atoms with van der Waals surface area (Å²) in [5.74, 6) is 0.0555. The molecule has 1 unspecified atom stereocenters. The van der Waals surface area contributed by atoms with Crippen molar-refractivity contribution in [2.45, 2.75) is 39.5 Å². The van der Waals surface area contributed by atoms with E-state index < -0.39 is 6.09 Å². The molecule has 0 bridgehead atoms. The first-order chi connectivity index (χ1) is 12.5. The maximum absolute atomic E-state index is 12.3. The van der Waals surface area contributed by atoms with E-state index in [2.05, 4.69) is 5.32 Å². The average molecular weight is 352 g/mol. The minimum Gasteiger partial charge on any atom is -0.445 e. The van der Waals surface area contributed by atoms with Gasteiger partial charge in [-0.15, -0.1) is 0 Å². The van der Waals surface area contributed by atoms with Gasteiger partial charge in [-0.25, -0.2) is 4.79 Å². The number of carbonyl (C=O) groups excluding carboxylic acids is 2. The van der Waals surface area contributed by atoms with Gasteiger partial charge in [0.15, 0.2) is 0 Å². The van der Waals surface area contributed by atoms with Crippen LogP contribution in [-0.2, 0) is 16.1 Å². The summed E-state index contributed by atoms with van der Waals surface area (Å²) in [4.78, 5) is 26.3. The Bertz CT molecular complexity index is 791. The van der Waals surface area contributed by atoms with Gasteiger partial charge in [0.25, 0.3) is 0 Å². The highest BCUT2D eigenvalue weighted by Gasteiger charge is 2.38. The number of carbonyl (C=O) groups is 2. The number of hydrogen-bond donors (Lipinski definition) is 1. The second-order valence-corrected chi connectivity index (χ2v) is 6.73. The maximum atomic E-state index is 12.3. The maximum Gasteiger partial charge on any atom is 0.407 e. The van der Waals surface area contributed by atoms with E-state index in [0.29, 0.717) is 0 Å². The molecule has 26 heavy (non-hydrogen) atoms. The smallest absolute Gasteiger partial charge is 0.407 e. The highest BCUT2D eigenvalue weighted by molar-refractivity contribution is 5.94. The average Bonchev–Trinajstić information content (AvgIpc) is 2.64. The third-order valence-electron chi connectivity index (χ3n) is 5.05. The molecule has 2 amide bonds. The van der Waals surface area contributed by atoms with Crippen LogP contribution in [0.5, 0.6) is 0 Å². The van der Waals surface area contributed by atoms with Crippen molar-refractivity contribution in [3.8, 4) is 0 Å². The fourth-order valence-electron chi connectivity index (χ4n) is 3.54. The first-order valence-corrected chi connectivity index (χ1v) is 8.85. The van der Waals surface area contributed by atoms with Crippen molar-refractivity contribution < 1.29 is 14.3 Å². The molecule has 0 saturated carbocycles. The van der Waals surface area contributed by atoms with Gasteiger partial charge >= 0.3 is 6.09 Å². The lowest BCUT2D eigenvalue weighted by atomic mass is 9.83. The van der Waals surface area contributed by atoms with Gasteiger partial charge in [0, 0.05) is 24.6 Å². The molecule has 0 radical (unpaired) electrons. The lowest BCUT2D eigenvalue weighted by Crippen LogP contribution is -2.50. The molecule has 0 spiro atoms. The van der Waals surface area contributed by atoms with Crippen LogP contribution in [0.3, 0.4) is 0 Å². The number of ether oxygens (including phenoxy) is 1. The van der Waals surface area contributed by atoms with Crippen LogP contribution in [0, 0.1) is 5.92 Å². The van der Waals surface area contributed by atoms with Crippen molar-refractivity contribution in [3.63, 3.8) is 0 Å². The van der Waals surface area contributed by atoms with Gasteiger partial charge in [0.2, 0.25) is 5.91 Å². The lowest BCUT2D eigenvalue weighted by Gasteiger charge is -2.43.